The Morgan fingerprint density at radius 1 is 0.518 bits per heavy atom. The van der Waals surface area contributed by atoms with Gasteiger partial charge in [-0.05, 0) is 0 Å². The van der Waals surface area contributed by atoms with Crippen LogP contribution in [0.4, 0.5) is 0 Å². The van der Waals surface area contributed by atoms with E-state index in [0.29, 0.717) is 34.1 Å². The second kappa shape index (κ2) is 25.4. The van der Waals surface area contributed by atoms with Gasteiger partial charge in [-0.15, -0.1) is 0 Å². The van der Waals surface area contributed by atoms with Crippen molar-refractivity contribution >= 4 is 32.5 Å². The van der Waals surface area contributed by atoms with Crippen molar-refractivity contribution in [1.29, 1.82) is 0 Å². The predicted molar refractivity (Wildman–Crippen MR) is 317 cm³/mol. The first-order valence-electron chi connectivity index (χ1n) is 26.7. The zero-order chi connectivity index (χ0) is 58.5. The van der Waals surface area contributed by atoms with Crippen LogP contribution in [0.15, 0.2) is 189 Å². The average Bonchev–Trinajstić information content (AvgIpc) is 3.66. The standard InChI is InChI=1S/C62H63N4O14PSSe/c1-39-35-65(59(69)63-57(39)67)55-33-51(79-62(42-15-11-8-12-16-42,45-21-29-49(73-5)30-22-45)46-23-31-50(74-6)32-24-46)54(78-55)38-76-81(82,83)80-52-34-56(66-36-40(2)58(68)64-60(66)70)77-53(52)37-75-61(41-13-9-7-10-14-41,43-17-25-47(71-3)26-18-43)44-19-27-48(72-4)28-20-44/h7-32,35-36,51-56H,33-34,37-38H2,1-6H3,(H,82,83)(H,63,67,69)(H,64,68,70)/t51-,52-,53+,54+,55+,56+,81?/m0/s1. The van der Waals surface area contributed by atoms with Gasteiger partial charge < -0.3 is 0 Å². The molecule has 0 bridgehead atoms. The van der Waals surface area contributed by atoms with Crippen LogP contribution in [0, 0.1) is 13.8 Å². The number of benzene rings is 6. The molecule has 0 saturated carbocycles. The third-order valence-electron chi connectivity index (χ3n) is 15.1. The van der Waals surface area contributed by atoms with Gasteiger partial charge in [-0.1, -0.05) is 0 Å². The van der Waals surface area contributed by atoms with Crippen molar-refractivity contribution in [1.82, 2.24) is 19.1 Å². The Bertz CT molecular complexity index is 3720. The Kier molecular flexibility index (Phi) is 18.1. The molecule has 21 heteroatoms. The van der Waals surface area contributed by atoms with Crippen LogP contribution in [0.1, 0.15) is 69.8 Å². The second-order valence-corrected chi connectivity index (χ2v) is 27.9. The number of thiol groups is 1. The number of nitrogens with zero attached hydrogens (tertiary/aromatic N) is 2. The van der Waals surface area contributed by atoms with Crippen molar-refractivity contribution in [3.63, 3.8) is 0 Å². The van der Waals surface area contributed by atoms with Crippen LogP contribution in [0.5, 0.6) is 23.0 Å². The zero-order valence-electron chi connectivity index (χ0n) is 46.4. The van der Waals surface area contributed by atoms with E-state index in [1.165, 1.54) is 21.5 Å². The summed E-state index contributed by atoms with van der Waals surface area (Å²) in [5.74, 6) is 2.58. The van der Waals surface area contributed by atoms with E-state index >= 15 is 0 Å². The Labute approximate surface area is 491 Å². The van der Waals surface area contributed by atoms with Gasteiger partial charge in [-0.2, -0.15) is 0 Å². The van der Waals surface area contributed by atoms with E-state index < -0.39 is 75.7 Å². The number of rotatable bonds is 22. The molecule has 2 aliphatic heterocycles. The summed E-state index contributed by atoms with van der Waals surface area (Å²) in [6.45, 7) is 2.93. The van der Waals surface area contributed by atoms with Crippen LogP contribution >= 0.6 is 17.4 Å². The van der Waals surface area contributed by atoms with Crippen LogP contribution < -0.4 is 41.4 Å². The van der Waals surface area contributed by atoms with Crippen molar-refractivity contribution in [2.45, 2.75) is 74.8 Å². The first-order valence-corrected chi connectivity index (χ1v) is 31.7. The normalized spacial score (nSPS) is 19.7. The Morgan fingerprint density at radius 2 is 0.867 bits per heavy atom. The molecule has 6 aromatic carbocycles. The third-order valence-corrected chi connectivity index (χ3v) is 17.9. The van der Waals surface area contributed by atoms with Gasteiger partial charge in [0.2, 0.25) is 0 Å². The van der Waals surface area contributed by atoms with E-state index in [4.69, 9.17) is 59.2 Å². The Hall–Kier alpha value is -7.06. The number of H-pyrrole nitrogens is 2. The van der Waals surface area contributed by atoms with Crippen molar-refractivity contribution in [3.05, 3.63) is 256 Å². The van der Waals surface area contributed by atoms with Gasteiger partial charge in [0.25, 0.3) is 0 Å². The van der Waals surface area contributed by atoms with Gasteiger partial charge >= 0.3 is 466 Å². The number of aromatic nitrogens is 4. The molecule has 83 heavy (non-hydrogen) atoms. The van der Waals surface area contributed by atoms with Gasteiger partial charge in [0, 0.05) is 0 Å². The number of aromatic amines is 2. The number of aryl methyl sites for hydroxylation is 2. The molecular formula is C62H63N4O14PSSe. The van der Waals surface area contributed by atoms with Crippen molar-refractivity contribution < 1.29 is 46.9 Å². The fraction of sp³-hybridized carbons (Fsp3) is 0.290. The SMILES string of the molecule is COc1ccc(C(OC[C@H]2O[C@@H](n3cc(C)c(=O)[nH]c3=O)C[C@@H]2OP(S)(=[Se])OC[C@H]2O[C@@H](n3cc(C)c(=O)[nH]c3=O)C[C@@H]2OC(c2ccccc2)(c2ccc(OC)cc2)c2ccc(OC)cc2)(c2ccccc2)c2ccc(OC)cc2)cc1. The molecule has 10 rings (SSSR count). The van der Waals surface area contributed by atoms with Crippen LogP contribution in [-0.2, 0) is 39.2 Å². The summed E-state index contributed by atoms with van der Waals surface area (Å²) < 4.78 is 67.4. The van der Waals surface area contributed by atoms with Gasteiger partial charge in [-0.3, -0.25) is 0 Å². The molecule has 2 fully saturated rings. The molecule has 4 heterocycles. The van der Waals surface area contributed by atoms with Crippen LogP contribution in [-0.4, -0.2) is 100 Å². The van der Waals surface area contributed by atoms with E-state index in [2.05, 4.69) is 25.1 Å². The van der Waals surface area contributed by atoms with E-state index in [-0.39, 0.29) is 26.1 Å². The molecule has 0 aliphatic carbocycles. The summed E-state index contributed by atoms with van der Waals surface area (Å²) in [4.78, 5) is 57.4. The predicted octanol–water partition coefficient (Wildman–Crippen LogP) is 8.88. The summed E-state index contributed by atoms with van der Waals surface area (Å²) in [7, 11) is 6.41. The number of hydrogen-bond acceptors (Lipinski definition) is 15. The molecule has 7 atom stereocenters. The summed E-state index contributed by atoms with van der Waals surface area (Å²) in [5, 5.41) is -3.39. The van der Waals surface area contributed by atoms with Crippen molar-refractivity contribution in [2.24, 2.45) is 0 Å². The minimum absolute atomic E-state index is 0.0989. The molecule has 432 valence electrons. The number of ether oxygens (including phenoxy) is 8. The van der Waals surface area contributed by atoms with Crippen molar-refractivity contribution in [3.8, 4) is 23.0 Å². The van der Waals surface area contributed by atoms with Crippen LogP contribution in [0.25, 0.3) is 0 Å². The quantitative estimate of drug-likeness (QED) is 0.0251. The van der Waals surface area contributed by atoms with Gasteiger partial charge in [-0.25, -0.2) is 0 Å². The third kappa shape index (κ3) is 12.5. The first-order chi connectivity index (χ1) is 40.1. The summed E-state index contributed by atoms with van der Waals surface area (Å²) in [6, 6.07) is 50.1. The van der Waals surface area contributed by atoms with Crippen molar-refractivity contribution in [2.75, 3.05) is 41.7 Å². The number of hydrogen-bond donors (Lipinski definition) is 3. The molecule has 2 aliphatic rings. The molecule has 18 nitrogen and oxygen atoms in total. The van der Waals surface area contributed by atoms with Gasteiger partial charge in [0.15, 0.2) is 0 Å². The average molecular weight is 1230 g/mol. The molecule has 2 N–H and O–H groups in total. The maximum atomic E-state index is 13.6. The molecule has 0 amide bonds. The molecular weight excluding hydrogens is 1170 g/mol. The Morgan fingerprint density at radius 3 is 1.27 bits per heavy atom. The minimum atomic E-state index is -3.39. The number of methoxy groups -OCH3 is 4. The summed E-state index contributed by atoms with van der Waals surface area (Å²) in [6.07, 6.45) is -2.18. The monoisotopic (exact) mass is 1230 g/mol. The molecule has 2 saturated heterocycles. The topological polar surface area (TPSA) is 202 Å². The zero-order valence-corrected chi connectivity index (χ0v) is 49.9. The van der Waals surface area contributed by atoms with E-state index in [1.807, 2.05) is 158 Å². The Balaban J connectivity index is 1.01. The van der Waals surface area contributed by atoms with E-state index in [9.17, 15) is 19.2 Å². The van der Waals surface area contributed by atoms with Gasteiger partial charge in [0.05, 0.1) is 28.4 Å². The molecule has 0 spiro atoms. The van der Waals surface area contributed by atoms with E-state index in [0.717, 1.165) is 33.4 Å². The summed E-state index contributed by atoms with van der Waals surface area (Å²) in [5.41, 5.74) is 0.328. The molecule has 2 aromatic heterocycles. The molecule has 0 radical (unpaired) electrons. The summed E-state index contributed by atoms with van der Waals surface area (Å²) >= 11 is 8.18. The number of nitrogens with one attached hydrogen (secondary N) is 2. The van der Waals surface area contributed by atoms with Crippen LogP contribution in [0.3, 0.4) is 0 Å². The van der Waals surface area contributed by atoms with E-state index in [1.54, 1.807) is 42.3 Å². The maximum absolute atomic E-state index is 13.6. The first kappa shape index (κ1) is 59.1. The fourth-order valence-electron chi connectivity index (χ4n) is 10.8. The molecule has 8 aromatic rings. The molecule has 1 unspecified atom stereocenters. The van der Waals surface area contributed by atoms with Crippen LogP contribution in [0.2, 0.25) is 0 Å². The fourth-order valence-corrected chi connectivity index (χ4v) is 13.4. The van der Waals surface area contributed by atoms with Gasteiger partial charge in [0.1, 0.15) is 0 Å². The second-order valence-electron chi connectivity index (χ2n) is 20.1.